The van der Waals surface area contributed by atoms with Gasteiger partial charge in [0.25, 0.3) is 0 Å². The highest BCUT2D eigenvalue weighted by Gasteiger charge is 2.45. The molecule has 1 rings (SSSR count). The molecule has 0 aliphatic carbocycles. The van der Waals surface area contributed by atoms with Crippen LogP contribution in [0.5, 0.6) is 0 Å². The van der Waals surface area contributed by atoms with Gasteiger partial charge in [0, 0.05) is 12.7 Å². The summed E-state index contributed by atoms with van der Waals surface area (Å²) < 4.78 is 36.9. The largest absolute Gasteiger partial charge is 0.394 e. The second kappa shape index (κ2) is 13.2. The minimum atomic E-state index is -3.56. The Morgan fingerprint density at radius 3 is 2.18 bits per heavy atom. The molecule has 196 valence electrons. The maximum Gasteiger partial charge on any atom is 0.390 e. The molecule has 0 spiro atoms. The number of aliphatic hydroxyl groups is 3. The molecule has 6 atom stereocenters. The number of carbonyl (C=O) groups excluding carboxylic acids is 1. The van der Waals surface area contributed by atoms with Crippen LogP contribution in [-0.2, 0) is 27.9 Å². The van der Waals surface area contributed by atoms with E-state index < -0.39 is 61.2 Å². The first-order valence-corrected chi connectivity index (χ1v) is 14.6. The molecule has 4 N–H and O–H groups in total. The zero-order chi connectivity index (χ0) is 25.4. The summed E-state index contributed by atoms with van der Waals surface area (Å²) in [6.07, 6.45) is -3.00. The van der Waals surface area contributed by atoms with E-state index >= 15 is 0 Å². The molecule has 1 fully saturated rings. The number of rotatable bonds is 14. The Morgan fingerprint density at radius 1 is 1.09 bits per heavy atom. The van der Waals surface area contributed by atoms with Crippen LogP contribution in [0.4, 0.5) is 0 Å². The third-order valence-corrected chi connectivity index (χ3v) is 9.90. The molecule has 0 bridgehead atoms. The van der Waals surface area contributed by atoms with Gasteiger partial charge in [-0.2, -0.15) is 0 Å². The molecule has 10 nitrogen and oxygen atoms in total. The maximum atomic E-state index is 13.6. The Morgan fingerprint density at radius 2 is 1.70 bits per heavy atom. The Balaban J connectivity index is 2.87. The van der Waals surface area contributed by atoms with Crippen LogP contribution in [-0.4, -0.2) is 82.0 Å². The second-order valence-corrected chi connectivity index (χ2v) is 13.1. The van der Waals surface area contributed by atoms with E-state index in [1.165, 1.54) is 6.92 Å². The van der Waals surface area contributed by atoms with Gasteiger partial charge in [-0.3, -0.25) is 13.8 Å². The molecule has 0 radical (unpaired) electrons. The highest BCUT2D eigenvalue weighted by Crippen LogP contribution is 2.65. The second-order valence-electron chi connectivity index (χ2n) is 9.04. The monoisotopic (exact) mass is 515 g/mol. The van der Waals surface area contributed by atoms with E-state index in [9.17, 15) is 24.7 Å². The lowest BCUT2D eigenvalue weighted by atomic mass is 9.97. The Labute approximate surface area is 201 Å². The minimum Gasteiger partial charge on any atom is -0.394 e. The molecule has 33 heavy (non-hydrogen) atoms. The van der Waals surface area contributed by atoms with Gasteiger partial charge in [0.15, 0.2) is 6.29 Å². The van der Waals surface area contributed by atoms with Crippen molar-refractivity contribution in [3.8, 4) is 0 Å². The summed E-state index contributed by atoms with van der Waals surface area (Å²) in [6.45, 7) is 8.68. The normalized spacial score (nSPS) is 28.4. The third kappa shape index (κ3) is 9.39. The van der Waals surface area contributed by atoms with Crippen molar-refractivity contribution in [1.29, 1.82) is 0 Å². The zero-order valence-corrected chi connectivity index (χ0v) is 22.5. The van der Waals surface area contributed by atoms with Crippen LogP contribution in [0.15, 0.2) is 0 Å². The predicted octanol–water partition coefficient (Wildman–Crippen LogP) is 2.59. The van der Waals surface area contributed by atoms with Crippen LogP contribution < -0.4 is 5.32 Å². The molecular formula is C21H42NO9PS. The predicted molar refractivity (Wildman–Crippen MR) is 127 cm³/mol. The molecule has 1 heterocycles. The number of hydrogen-bond acceptors (Lipinski definition) is 10. The van der Waals surface area contributed by atoms with Crippen molar-refractivity contribution in [2.45, 2.75) is 110 Å². The van der Waals surface area contributed by atoms with E-state index in [2.05, 4.69) is 5.32 Å². The molecule has 1 aliphatic heterocycles. The van der Waals surface area contributed by atoms with Gasteiger partial charge in [-0.1, -0.05) is 20.8 Å². The summed E-state index contributed by atoms with van der Waals surface area (Å²) in [5.41, 5.74) is -1.26. The Kier molecular flexibility index (Phi) is 12.3. The summed E-state index contributed by atoms with van der Waals surface area (Å²) >= 11 is 1.02. The lowest BCUT2D eigenvalue weighted by molar-refractivity contribution is -0.268. The van der Waals surface area contributed by atoms with Crippen LogP contribution in [0.25, 0.3) is 0 Å². The zero-order valence-electron chi connectivity index (χ0n) is 20.8. The molecular weight excluding hydrogens is 473 g/mol. The van der Waals surface area contributed by atoms with Gasteiger partial charge in [0.2, 0.25) is 5.91 Å². The lowest BCUT2D eigenvalue weighted by Crippen LogP contribution is -2.64. The number of nitrogens with one attached hydrogen (secondary N) is 1. The summed E-state index contributed by atoms with van der Waals surface area (Å²) in [6, 6.07) is -1.04. The van der Waals surface area contributed by atoms with Gasteiger partial charge in [-0.25, -0.2) is 4.57 Å². The number of hydrogen-bond donors (Lipinski definition) is 4. The fraction of sp³-hybridized carbons (Fsp3) is 0.952. The molecule has 0 aromatic heterocycles. The van der Waals surface area contributed by atoms with Crippen molar-refractivity contribution < 1.29 is 43.2 Å². The van der Waals surface area contributed by atoms with Gasteiger partial charge in [-0.15, -0.1) is 0 Å². The van der Waals surface area contributed by atoms with Crippen LogP contribution in [0.3, 0.4) is 0 Å². The fourth-order valence-electron chi connectivity index (χ4n) is 3.01. The quantitative estimate of drug-likeness (QED) is 0.201. The number of aliphatic hydroxyl groups excluding tert-OH is 3. The van der Waals surface area contributed by atoms with Crippen molar-refractivity contribution in [3.05, 3.63) is 0 Å². The molecule has 12 heteroatoms. The van der Waals surface area contributed by atoms with Crippen molar-refractivity contribution >= 4 is 24.1 Å². The van der Waals surface area contributed by atoms with Crippen LogP contribution >= 0.6 is 18.2 Å². The van der Waals surface area contributed by atoms with E-state index in [1.807, 2.05) is 41.5 Å². The smallest absolute Gasteiger partial charge is 0.390 e. The lowest BCUT2D eigenvalue weighted by Gasteiger charge is -2.42. The number of ether oxygens (including phenoxy) is 2. The Bertz CT molecular complexity index is 662. The average molecular weight is 516 g/mol. The first kappa shape index (κ1) is 30.8. The topological polar surface area (TPSA) is 144 Å². The maximum absolute atomic E-state index is 13.6. The molecule has 0 saturated carbocycles. The van der Waals surface area contributed by atoms with Crippen molar-refractivity contribution in [2.75, 3.05) is 19.0 Å². The molecule has 6 unspecified atom stereocenters. The van der Waals surface area contributed by atoms with E-state index in [-0.39, 0.29) is 12.4 Å². The summed E-state index contributed by atoms with van der Waals surface area (Å²) in [5.74, 6) is -0.220. The summed E-state index contributed by atoms with van der Waals surface area (Å²) in [7, 11) is 0. The van der Waals surface area contributed by atoms with Crippen LogP contribution in [0.2, 0.25) is 0 Å². The fourth-order valence-corrected chi connectivity index (χ4v) is 7.44. The van der Waals surface area contributed by atoms with E-state index in [0.29, 0.717) is 19.3 Å². The van der Waals surface area contributed by atoms with E-state index in [0.717, 1.165) is 11.4 Å². The first-order valence-electron chi connectivity index (χ1n) is 11.4. The third-order valence-electron chi connectivity index (χ3n) is 5.90. The van der Waals surface area contributed by atoms with Crippen LogP contribution in [0, 0.1) is 0 Å². The molecule has 1 saturated heterocycles. The SMILES string of the molecule is CCC(C)(C)OP(=O)(OC(C)(CC)CC)SCCOC1OC(CO)C(O)C(O)C1NC(C)=O. The molecule has 1 aliphatic rings. The molecule has 1 amide bonds. The first-order chi connectivity index (χ1) is 15.2. The van der Waals surface area contributed by atoms with Crippen molar-refractivity contribution in [2.24, 2.45) is 0 Å². The van der Waals surface area contributed by atoms with Crippen LogP contribution in [0.1, 0.15) is 67.7 Å². The van der Waals surface area contributed by atoms with Crippen molar-refractivity contribution in [1.82, 2.24) is 5.32 Å². The van der Waals surface area contributed by atoms with Gasteiger partial charge in [0.1, 0.15) is 24.4 Å². The van der Waals surface area contributed by atoms with Gasteiger partial charge in [0.05, 0.1) is 24.4 Å². The number of amides is 1. The Hall–Kier alpha value is -0.230. The van der Waals surface area contributed by atoms with E-state index in [4.69, 9.17) is 18.5 Å². The standard InChI is InChI=1S/C21H42NO9PS/c1-8-20(5,6)30-32(27,31-21(7,9-2)10-3)33-12-11-28-19-16(22-14(4)24)18(26)17(25)15(13-23)29-19/h15-19,23,25-26H,8-13H2,1-7H3,(H,22,24). The minimum absolute atomic E-state index is 0.0324. The van der Waals surface area contributed by atoms with Gasteiger partial charge in [-0.05, 0) is 51.4 Å². The highest BCUT2D eigenvalue weighted by atomic mass is 32.7. The van der Waals surface area contributed by atoms with Gasteiger partial charge >= 0.3 is 6.80 Å². The summed E-state index contributed by atoms with van der Waals surface area (Å²) in [5, 5.41) is 32.4. The summed E-state index contributed by atoms with van der Waals surface area (Å²) in [4.78, 5) is 11.5. The molecule has 0 aromatic rings. The van der Waals surface area contributed by atoms with Gasteiger partial charge < -0.3 is 30.1 Å². The average Bonchev–Trinajstić information content (AvgIpc) is 2.75. The van der Waals surface area contributed by atoms with Crippen molar-refractivity contribution in [3.63, 3.8) is 0 Å². The highest BCUT2D eigenvalue weighted by molar-refractivity contribution is 8.55. The molecule has 0 aromatic carbocycles. The van der Waals surface area contributed by atoms with E-state index in [1.54, 1.807) is 0 Å². The number of carbonyl (C=O) groups is 1.